The molecule has 1 unspecified atom stereocenters. The van der Waals surface area contributed by atoms with E-state index in [4.69, 9.17) is 11.6 Å². The first-order valence-electron chi connectivity index (χ1n) is 6.82. The third kappa shape index (κ3) is 3.47. The Bertz CT molecular complexity index is 375. The van der Waals surface area contributed by atoms with Crippen LogP contribution in [0.1, 0.15) is 38.8 Å². The highest BCUT2D eigenvalue weighted by molar-refractivity contribution is 6.30. The van der Waals surface area contributed by atoms with Crippen LogP contribution in [-0.4, -0.2) is 30.1 Å². The van der Waals surface area contributed by atoms with Crippen molar-refractivity contribution in [2.75, 3.05) is 13.1 Å². The zero-order valence-corrected chi connectivity index (χ0v) is 12.2. The molecule has 1 fully saturated rings. The summed E-state index contributed by atoms with van der Waals surface area (Å²) in [7, 11) is 0. The van der Waals surface area contributed by atoms with Crippen molar-refractivity contribution in [2.45, 2.75) is 45.3 Å². The fraction of sp³-hybridized carbons (Fsp3) is 0.600. The third-order valence-electron chi connectivity index (χ3n) is 3.81. The summed E-state index contributed by atoms with van der Waals surface area (Å²) in [6.45, 7) is 9.13. The Labute approximate surface area is 115 Å². The summed E-state index contributed by atoms with van der Waals surface area (Å²) in [4.78, 5) is 2.53. The van der Waals surface area contributed by atoms with Gasteiger partial charge in [0.05, 0.1) is 0 Å². The molecule has 1 heterocycles. The molecule has 1 aromatic rings. The molecule has 0 amide bonds. The predicted octanol–water partition coefficient (Wildman–Crippen LogP) is 3.47. The molecule has 0 spiro atoms. The lowest BCUT2D eigenvalue weighted by molar-refractivity contribution is 0.266. The van der Waals surface area contributed by atoms with E-state index in [-0.39, 0.29) is 0 Å². The summed E-state index contributed by atoms with van der Waals surface area (Å²) in [5.41, 5.74) is 1.31. The zero-order chi connectivity index (χ0) is 13.1. The molecule has 100 valence electrons. The average Bonchev–Trinajstić information content (AvgIpc) is 2.78. The molecular formula is C15H23ClN2. The molecular weight excluding hydrogens is 244 g/mol. The Morgan fingerprint density at radius 1 is 1.22 bits per heavy atom. The molecule has 0 radical (unpaired) electrons. The normalized spacial score (nSPS) is 22.6. The highest BCUT2D eigenvalue weighted by atomic mass is 35.5. The van der Waals surface area contributed by atoms with Gasteiger partial charge in [0.25, 0.3) is 0 Å². The number of likely N-dealkylation sites (tertiary alicyclic amines) is 1. The van der Waals surface area contributed by atoms with Crippen LogP contribution in [0, 0.1) is 0 Å². The fourth-order valence-electron chi connectivity index (χ4n) is 2.59. The monoisotopic (exact) mass is 266 g/mol. The SMILES string of the molecule is CC(C)N1CCC(N[C@@H](C)c2ccc(Cl)cc2)C1. The number of hydrogen-bond donors (Lipinski definition) is 1. The summed E-state index contributed by atoms with van der Waals surface area (Å²) >= 11 is 5.91. The molecule has 0 aliphatic carbocycles. The molecule has 1 aliphatic rings. The van der Waals surface area contributed by atoms with Crippen LogP contribution in [0.15, 0.2) is 24.3 Å². The van der Waals surface area contributed by atoms with Crippen molar-refractivity contribution in [1.82, 2.24) is 10.2 Å². The van der Waals surface area contributed by atoms with Gasteiger partial charge in [-0.2, -0.15) is 0 Å². The minimum atomic E-state index is 0.388. The Morgan fingerprint density at radius 2 is 1.89 bits per heavy atom. The first-order valence-corrected chi connectivity index (χ1v) is 7.19. The first kappa shape index (κ1) is 13.9. The van der Waals surface area contributed by atoms with Gasteiger partial charge in [0.2, 0.25) is 0 Å². The molecule has 0 aromatic heterocycles. The largest absolute Gasteiger partial charge is 0.306 e. The summed E-state index contributed by atoms with van der Waals surface area (Å²) in [6, 6.07) is 9.79. The van der Waals surface area contributed by atoms with E-state index in [0.29, 0.717) is 18.1 Å². The molecule has 18 heavy (non-hydrogen) atoms. The van der Waals surface area contributed by atoms with Crippen molar-refractivity contribution in [1.29, 1.82) is 0 Å². The van der Waals surface area contributed by atoms with Gasteiger partial charge >= 0.3 is 0 Å². The summed E-state index contributed by atoms with van der Waals surface area (Å²) in [5, 5.41) is 4.52. The second kappa shape index (κ2) is 6.05. The number of nitrogens with one attached hydrogen (secondary N) is 1. The summed E-state index contributed by atoms with van der Waals surface area (Å²) in [6.07, 6.45) is 1.25. The lowest BCUT2D eigenvalue weighted by Gasteiger charge is -2.23. The quantitative estimate of drug-likeness (QED) is 0.898. The Kier molecular flexibility index (Phi) is 4.66. The van der Waals surface area contributed by atoms with Crippen LogP contribution in [0.2, 0.25) is 5.02 Å². The lowest BCUT2D eigenvalue weighted by atomic mass is 10.1. The highest BCUT2D eigenvalue weighted by Gasteiger charge is 2.25. The summed E-state index contributed by atoms with van der Waals surface area (Å²) < 4.78 is 0. The summed E-state index contributed by atoms with van der Waals surface area (Å²) in [5.74, 6) is 0. The molecule has 1 aromatic carbocycles. The molecule has 2 nitrogen and oxygen atoms in total. The van der Waals surface area contributed by atoms with Crippen LogP contribution in [0.3, 0.4) is 0 Å². The molecule has 3 heteroatoms. The van der Waals surface area contributed by atoms with Crippen LogP contribution in [-0.2, 0) is 0 Å². The number of halogens is 1. The molecule has 0 saturated carbocycles. The minimum absolute atomic E-state index is 0.388. The second-order valence-corrected chi connectivity index (χ2v) is 5.95. The van der Waals surface area contributed by atoms with Gasteiger partial charge in [-0.15, -0.1) is 0 Å². The van der Waals surface area contributed by atoms with Crippen LogP contribution < -0.4 is 5.32 Å². The number of nitrogens with zero attached hydrogens (tertiary/aromatic N) is 1. The van der Waals surface area contributed by atoms with E-state index in [1.54, 1.807) is 0 Å². The lowest BCUT2D eigenvalue weighted by Crippen LogP contribution is -2.36. The van der Waals surface area contributed by atoms with Gasteiger partial charge in [-0.25, -0.2) is 0 Å². The van der Waals surface area contributed by atoms with E-state index in [2.05, 4.69) is 43.1 Å². The minimum Gasteiger partial charge on any atom is -0.306 e. The van der Waals surface area contributed by atoms with Crippen LogP contribution in [0.25, 0.3) is 0 Å². The van der Waals surface area contributed by atoms with E-state index < -0.39 is 0 Å². The van der Waals surface area contributed by atoms with Gasteiger partial charge in [0.1, 0.15) is 0 Å². The van der Waals surface area contributed by atoms with Crippen molar-refractivity contribution < 1.29 is 0 Å². The van der Waals surface area contributed by atoms with E-state index >= 15 is 0 Å². The topological polar surface area (TPSA) is 15.3 Å². The molecule has 2 rings (SSSR count). The van der Waals surface area contributed by atoms with Crippen molar-refractivity contribution >= 4 is 11.6 Å². The number of hydrogen-bond acceptors (Lipinski definition) is 2. The Morgan fingerprint density at radius 3 is 2.44 bits per heavy atom. The molecule has 1 N–H and O–H groups in total. The van der Waals surface area contributed by atoms with E-state index in [1.165, 1.54) is 18.5 Å². The van der Waals surface area contributed by atoms with E-state index in [9.17, 15) is 0 Å². The van der Waals surface area contributed by atoms with E-state index in [0.717, 1.165) is 11.6 Å². The standard InChI is InChI=1S/C15H23ClN2/c1-11(2)18-9-8-15(10-18)17-12(3)13-4-6-14(16)7-5-13/h4-7,11-12,15,17H,8-10H2,1-3H3/t12-,15?/m0/s1. The molecule has 1 saturated heterocycles. The maximum absolute atomic E-state index is 5.91. The van der Waals surface area contributed by atoms with Crippen molar-refractivity contribution in [3.8, 4) is 0 Å². The number of rotatable bonds is 4. The van der Waals surface area contributed by atoms with Gasteiger partial charge in [-0.3, -0.25) is 4.90 Å². The van der Waals surface area contributed by atoms with Crippen molar-refractivity contribution in [3.63, 3.8) is 0 Å². The maximum atomic E-state index is 5.91. The second-order valence-electron chi connectivity index (χ2n) is 5.51. The number of benzene rings is 1. The van der Waals surface area contributed by atoms with Crippen LogP contribution in [0.4, 0.5) is 0 Å². The van der Waals surface area contributed by atoms with Gasteiger partial charge < -0.3 is 5.32 Å². The Balaban J connectivity index is 1.88. The third-order valence-corrected chi connectivity index (χ3v) is 4.06. The molecule has 1 aliphatic heterocycles. The van der Waals surface area contributed by atoms with Crippen LogP contribution >= 0.6 is 11.6 Å². The zero-order valence-electron chi connectivity index (χ0n) is 11.5. The Hall–Kier alpha value is -0.570. The van der Waals surface area contributed by atoms with Crippen LogP contribution in [0.5, 0.6) is 0 Å². The fourth-order valence-corrected chi connectivity index (χ4v) is 2.72. The smallest absolute Gasteiger partial charge is 0.0406 e. The van der Waals surface area contributed by atoms with Gasteiger partial charge in [-0.05, 0) is 51.4 Å². The van der Waals surface area contributed by atoms with Gasteiger partial charge in [0, 0.05) is 29.7 Å². The average molecular weight is 267 g/mol. The highest BCUT2D eigenvalue weighted by Crippen LogP contribution is 2.19. The molecule has 2 atom stereocenters. The maximum Gasteiger partial charge on any atom is 0.0406 e. The van der Waals surface area contributed by atoms with Crippen molar-refractivity contribution in [3.05, 3.63) is 34.9 Å². The molecule has 0 bridgehead atoms. The van der Waals surface area contributed by atoms with E-state index in [1.807, 2.05) is 12.1 Å². The van der Waals surface area contributed by atoms with Gasteiger partial charge in [-0.1, -0.05) is 23.7 Å². The predicted molar refractivity (Wildman–Crippen MR) is 78.1 cm³/mol. The van der Waals surface area contributed by atoms with Gasteiger partial charge in [0.15, 0.2) is 0 Å². The van der Waals surface area contributed by atoms with Crippen molar-refractivity contribution in [2.24, 2.45) is 0 Å². The first-order chi connectivity index (χ1) is 8.56.